The van der Waals surface area contributed by atoms with Crippen molar-refractivity contribution < 1.29 is 19.0 Å². The van der Waals surface area contributed by atoms with Gasteiger partial charge in [-0.1, -0.05) is 37.1 Å². The number of likely N-dealkylation sites (tertiary alicyclic amines) is 2. The van der Waals surface area contributed by atoms with Crippen LogP contribution in [-0.4, -0.2) is 106 Å². The predicted octanol–water partition coefficient (Wildman–Crippen LogP) is 9.64. The van der Waals surface area contributed by atoms with Gasteiger partial charge >= 0.3 is 0 Å². The molecule has 0 radical (unpaired) electrons. The van der Waals surface area contributed by atoms with Gasteiger partial charge < -0.3 is 28.9 Å². The molecule has 3 saturated heterocycles. The number of hydrogen-bond donors (Lipinski definition) is 0. The zero-order chi connectivity index (χ0) is 38.3. The Morgan fingerprint density at radius 3 is 1.42 bits per heavy atom. The summed E-state index contributed by atoms with van der Waals surface area (Å²) in [6, 6.07) is 18.3. The van der Waals surface area contributed by atoms with Crippen LogP contribution in [0, 0.1) is 11.8 Å². The second-order valence-corrected chi connectivity index (χ2v) is 17.3. The average molecular weight is 760 g/mol. The summed E-state index contributed by atoms with van der Waals surface area (Å²) in [5.41, 5.74) is 2.84. The molecule has 2 aromatic carbocycles. The second kappa shape index (κ2) is 25.7. The van der Waals surface area contributed by atoms with E-state index < -0.39 is 0 Å². The lowest BCUT2D eigenvalue weighted by molar-refractivity contribution is -0.121. The summed E-state index contributed by atoms with van der Waals surface area (Å²) in [6.45, 7) is 11.1. The number of ether oxygens (including phenoxy) is 3. The molecule has 3 heterocycles. The van der Waals surface area contributed by atoms with Crippen molar-refractivity contribution in [2.45, 2.75) is 134 Å². The van der Waals surface area contributed by atoms with Crippen molar-refractivity contribution in [3.05, 3.63) is 59.7 Å². The first-order chi connectivity index (χ1) is 27.0. The number of ketones is 1. The second-order valence-electron chi connectivity index (χ2n) is 17.3. The van der Waals surface area contributed by atoms with Crippen LogP contribution in [-0.2, 0) is 22.4 Å². The minimum absolute atomic E-state index is 0.444. The molecule has 55 heavy (non-hydrogen) atoms. The normalized spacial score (nSPS) is 22.7. The van der Waals surface area contributed by atoms with Gasteiger partial charge in [-0.05, 0) is 190 Å². The van der Waals surface area contributed by atoms with Gasteiger partial charge in [0.1, 0.15) is 17.3 Å². The third-order valence-electron chi connectivity index (χ3n) is 12.6. The number of carbonyl (C=O) groups is 1. The number of benzene rings is 2. The number of hydrogen-bond acceptors (Lipinski definition) is 7. The van der Waals surface area contributed by atoms with Crippen molar-refractivity contribution in [2.75, 3.05) is 79.8 Å². The average Bonchev–Trinajstić information content (AvgIpc) is 3.83. The molecule has 2 aliphatic carbocycles. The van der Waals surface area contributed by atoms with Crippen molar-refractivity contribution in [2.24, 2.45) is 11.8 Å². The molecule has 7 nitrogen and oxygen atoms in total. The lowest BCUT2D eigenvalue weighted by Gasteiger charge is -2.32. The highest BCUT2D eigenvalue weighted by molar-refractivity contribution is 5.79. The summed E-state index contributed by atoms with van der Waals surface area (Å²) in [7, 11) is 4.44. The minimum Gasteiger partial charge on any atom is -0.494 e. The third-order valence-corrected chi connectivity index (χ3v) is 12.6. The molecule has 0 spiro atoms. The van der Waals surface area contributed by atoms with Gasteiger partial charge in [0.15, 0.2) is 0 Å². The topological polar surface area (TPSA) is 54.5 Å². The van der Waals surface area contributed by atoms with E-state index >= 15 is 0 Å². The zero-order valence-corrected chi connectivity index (χ0v) is 35.0. The summed E-state index contributed by atoms with van der Waals surface area (Å²) >= 11 is 0. The lowest BCUT2D eigenvalue weighted by atomic mass is 9.82. The highest BCUT2D eigenvalue weighted by Crippen LogP contribution is 2.30. The van der Waals surface area contributed by atoms with E-state index in [0.29, 0.717) is 11.7 Å². The van der Waals surface area contributed by atoms with Crippen molar-refractivity contribution in [3.8, 4) is 11.5 Å². The van der Waals surface area contributed by atoms with Crippen LogP contribution in [0.5, 0.6) is 11.5 Å². The molecule has 5 fully saturated rings. The molecule has 0 bridgehead atoms. The van der Waals surface area contributed by atoms with E-state index in [2.05, 4.69) is 77.3 Å². The Hall–Kier alpha value is -2.45. The molecule has 0 amide bonds. The van der Waals surface area contributed by atoms with Crippen LogP contribution in [0.4, 0.5) is 0 Å². The standard InChI is InChI=1S/C23H38N2O.C21H31NO2.C4H8O/c1-24(2)22-11-7-20(8-12-22)19-21-9-13-23(14-10-21)26-18-6-17-25-15-4-3-5-16-25;23-20-9-5-18(6-10-20)17-19-7-11-21(12-8-19)24-16-4-15-22-13-2-1-3-14-22;1-2-4-5-3-1/h9-10,13-14,20,22H,3-8,11-12,15-19H2,1-2H3;7-8,11-12,18H,1-6,9-10,13-17H2;1-4H2. The van der Waals surface area contributed by atoms with Crippen LogP contribution in [0.2, 0.25) is 0 Å². The minimum atomic E-state index is 0.444. The fraction of sp³-hybridized carbons (Fsp3) is 0.729. The molecular formula is C48H77N3O4. The summed E-state index contributed by atoms with van der Waals surface area (Å²) in [6.07, 6.45) is 24.6. The van der Waals surface area contributed by atoms with Gasteiger partial charge in [-0.2, -0.15) is 0 Å². The molecule has 308 valence electrons. The van der Waals surface area contributed by atoms with E-state index in [-0.39, 0.29) is 0 Å². The fourth-order valence-corrected chi connectivity index (χ4v) is 9.01. The van der Waals surface area contributed by atoms with E-state index in [0.717, 1.165) is 94.8 Å². The molecule has 0 N–H and O–H groups in total. The number of nitrogens with zero attached hydrogens (tertiary/aromatic N) is 3. The highest BCUT2D eigenvalue weighted by atomic mass is 16.5. The van der Waals surface area contributed by atoms with Gasteiger partial charge in [0.05, 0.1) is 13.2 Å². The molecular weight excluding hydrogens is 683 g/mol. The molecule has 5 aliphatic rings. The van der Waals surface area contributed by atoms with Gasteiger partial charge in [-0.25, -0.2) is 0 Å². The Labute approximate surface area is 335 Å². The van der Waals surface area contributed by atoms with Crippen molar-refractivity contribution in [1.29, 1.82) is 0 Å². The van der Waals surface area contributed by atoms with Crippen molar-refractivity contribution >= 4 is 5.78 Å². The third kappa shape index (κ3) is 17.7. The highest BCUT2D eigenvalue weighted by Gasteiger charge is 2.23. The molecule has 2 aromatic rings. The van der Waals surface area contributed by atoms with Gasteiger partial charge in [0.25, 0.3) is 0 Å². The maximum atomic E-state index is 11.3. The Bertz CT molecular complexity index is 1260. The maximum absolute atomic E-state index is 11.3. The van der Waals surface area contributed by atoms with E-state index in [9.17, 15) is 4.79 Å². The summed E-state index contributed by atoms with van der Waals surface area (Å²) in [5, 5.41) is 0. The lowest BCUT2D eigenvalue weighted by Crippen LogP contribution is -2.32. The molecule has 0 atom stereocenters. The Morgan fingerprint density at radius 2 is 1.02 bits per heavy atom. The van der Waals surface area contributed by atoms with Crippen LogP contribution in [0.1, 0.15) is 127 Å². The molecule has 3 aliphatic heterocycles. The van der Waals surface area contributed by atoms with E-state index in [1.807, 2.05) is 0 Å². The van der Waals surface area contributed by atoms with E-state index in [1.54, 1.807) is 0 Å². The zero-order valence-electron chi connectivity index (χ0n) is 35.0. The summed E-state index contributed by atoms with van der Waals surface area (Å²) < 4.78 is 16.8. The fourth-order valence-electron chi connectivity index (χ4n) is 9.01. The van der Waals surface area contributed by atoms with E-state index in [1.165, 1.54) is 134 Å². The monoisotopic (exact) mass is 760 g/mol. The van der Waals surface area contributed by atoms with Crippen LogP contribution in [0.25, 0.3) is 0 Å². The first kappa shape index (κ1) is 43.7. The summed E-state index contributed by atoms with van der Waals surface area (Å²) in [4.78, 5) is 18.9. The van der Waals surface area contributed by atoms with Gasteiger partial charge in [-0.3, -0.25) is 4.79 Å². The quantitative estimate of drug-likeness (QED) is 0.168. The largest absolute Gasteiger partial charge is 0.494 e. The van der Waals surface area contributed by atoms with Crippen LogP contribution >= 0.6 is 0 Å². The molecule has 0 aromatic heterocycles. The van der Waals surface area contributed by atoms with Crippen LogP contribution in [0.3, 0.4) is 0 Å². The molecule has 0 unspecified atom stereocenters. The number of piperidine rings is 2. The van der Waals surface area contributed by atoms with Gasteiger partial charge in [0, 0.05) is 45.2 Å². The van der Waals surface area contributed by atoms with Gasteiger partial charge in [-0.15, -0.1) is 0 Å². The van der Waals surface area contributed by atoms with Gasteiger partial charge in [0.2, 0.25) is 0 Å². The Kier molecular flexibility index (Phi) is 20.4. The van der Waals surface area contributed by atoms with E-state index in [4.69, 9.17) is 14.2 Å². The smallest absolute Gasteiger partial charge is 0.132 e. The first-order valence-corrected chi connectivity index (χ1v) is 22.6. The maximum Gasteiger partial charge on any atom is 0.132 e. The predicted molar refractivity (Wildman–Crippen MR) is 228 cm³/mol. The number of rotatable bonds is 15. The first-order valence-electron chi connectivity index (χ1n) is 22.6. The SMILES string of the molecule is C1CCOC1.CN(C)C1CCC(Cc2ccc(OCCCN3CCCCC3)cc2)CC1.O=C1CCC(Cc2ccc(OCCCN3CCCCC3)cc2)CC1. The molecule has 7 heteroatoms. The molecule has 7 rings (SSSR count). The Balaban J connectivity index is 0.000000187. The van der Waals surface area contributed by atoms with Crippen molar-refractivity contribution in [1.82, 2.24) is 14.7 Å². The van der Waals surface area contributed by atoms with Crippen LogP contribution in [0.15, 0.2) is 48.5 Å². The Morgan fingerprint density at radius 1 is 0.582 bits per heavy atom. The van der Waals surface area contributed by atoms with Crippen LogP contribution < -0.4 is 9.47 Å². The van der Waals surface area contributed by atoms with Crippen molar-refractivity contribution in [3.63, 3.8) is 0 Å². The number of Topliss-reactive ketones (excluding diaryl/α,β-unsaturated/α-hetero) is 1. The number of carbonyl (C=O) groups excluding carboxylic acids is 1. The summed E-state index contributed by atoms with van der Waals surface area (Å²) in [5.74, 6) is 4.00. The molecule has 2 saturated carbocycles.